The fraction of sp³-hybridized carbons (Fsp3) is 0.200. The number of nitrogens with one attached hydrogen (secondary N) is 2. The molecule has 0 saturated heterocycles. The maximum absolute atomic E-state index is 4.76. The lowest BCUT2D eigenvalue weighted by Crippen LogP contribution is -2.21. The van der Waals surface area contributed by atoms with Gasteiger partial charge in [-0.25, -0.2) is 4.98 Å². The summed E-state index contributed by atoms with van der Waals surface area (Å²) in [5.41, 5.74) is 5.29. The Kier molecular flexibility index (Phi) is 5.80. The summed E-state index contributed by atoms with van der Waals surface area (Å²) < 4.78 is 0. The molecular formula is C25H27N5. The highest BCUT2D eigenvalue weighted by Crippen LogP contribution is 2.27. The number of aryl methyl sites for hydroxylation is 1. The predicted molar refractivity (Wildman–Crippen MR) is 127 cm³/mol. The number of nitrogens with zero attached hydrogens (tertiary/aromatic N) is 3. The molecule has 0 radical (unpaired) electrons. The Labute approximate surface area is 177 Å². The van der Waals surface area contributed by atoms with Gasteiger partial charge in [0, 0.05) is 35.5 Å². The van der Waals surface area contributed by atoms with Crippen LogP contribution in [0.5, 0.6) is 0 Å². The van der Waals surface area contributed by atoms with Crippen molar-refractivity contribution in [3.8, 4) is 0 Å². The van der Waals surface area contributed by atoms with Crippen molar-refractivity contribution >= 4 is 39.7 Å². The van der Waals surface area contributed by atoms with Gasteiger partial charge in [0.05, 0.1) is 5.52 Å². The van der Waals surface area contributed by atoms with Crippen LogP contribution < -0.4 is 15.5 Å². The second-order valence-corrected chi connectivity index (χ2v) is 7.25. The van der Waals surface area contributed by atoms with Gasteiger partial charge in [0.25, 0.3) is 0 Å². The zero-order valence-corrected chi connectivity index (χ0v) is 17.7. The molecular weight excluding hydrogens is 370 g/mol. The normalized spacial score (nSPS) is 10.8. The molecule has 1 heterocycles. The van der Waals surface area contributed by atoms with Gasteiger partial charge in [0.15, 0.2) is 0 Å². The second-order valence-electron chi connectivity index (χ2n) is 7.25. The zero-order valence-electron chi connectivity index (χ0n) is 17.7. The van der Waals surface area contributed by atoms with Gasteiger partial charge in [-0.2, -0.15) is 4.98 Å². The standard InChI is InChI=1S/C25H27N5/c1-4-30(5-2)21-16-14-20(15-17-21)27-25-28-23-9-7-6-8-22(23)24(29-25)26-19-12-10-18(3)11-13-19/h6-17H,4-5H2,1-3H3,(H2,26,27,28,29). The van der Waals surface area contributed by atoms with Gasteiger partial charge < -0.3 is 15.5 Å². The van der Waals surface area contributed by atoms with Crippen LogP contribution in [0.4, 0.5) is 28.8 Å². The predicted octanol–water partition coefficient (Wildman–Crippen LogP) is 6.27. The number of aromatic nitrogens is 2. The van der Waals surface area contributed by atoms with E-state index in [0.717, 1.165) is 41.2 Å². The van der Waals surface area contributed by atoms with E-state index >= 15 is 0 Å². The SMILES string of the molecule is CCN(CC)c1ccc(Nc2nc(Nc3ccc(C)cc3)c3ccccc3n2)cc1. The molecule has 5 heteroatoms. The molecule has 4 rings (SSSR count). The van der Waals surface area contributed by atoms with E-state index in [1.54, 1.807) is 0 Å². The van der Waals surface area contributed by atoms with Gasteiger partial charge in [0.1, 0.15) is 5.82 Å². The first-order valence-corrected chi connectivity index (χ1v) is 10.4. The monoisotopic (exact) mass is 397 g/mol. The Morgan fingerprint density at radius 1 is 0.733 bits per heavy atom. The molecule has 1 aromatic heterocycles. The largest absolute Gasteiger partial charge is 0.372 e. The number of hydrogen-bond donors (Lipinski definition) is 2. The third kappa shape index (κ3) is 4.35. The molecule has 0 bridgehead atoms. The molecule has 0 atom stereocenters. The molecule has 0 unspecified atom stereocenters. The molecule has 2 N–H and O–H groups in total. The van der Waals surface area contributed by atoms with Crippen LogP contribution in [0.2, 0.25) is 0 Å². The van der Waals surface area contributed by atoms with Gasteiger partial charge in [-0.1, -0.05) is 29.8 Å². The molecule has 152 valence electrons. The first kappa shape index (κ1) is 19.7. The van der Waals surface area contributed by atoms with Crippen LogP contribution in [0.1, 0.15) is 19.4 Å². The molecule has 3 aromatic carbocycles. The minimum atomic E-state index is 0.568. The molecule has 0 amide bonds. The first-order chi connectivity index (χ1) is 14.7. The van der Waals surface area contributed by atoms with E-state index in [1.165, 1.54) is 11.3 Å². The summed E-state index contributed by atoms with van der Waals surface area (Å²) in [7, 11) is 0. The minimum Gasteiger partial charge on any atom is -0.372 e. The summed E-state index contributed by atoms with van der Waals surface area (Å²) in [4.78, 5) is 11.8. The molecule has 0 aliphatic carbocycles. The quantitative estimate of drug-likeness (QED) is 0.385. The van der Waals surface area contributed by atoms with Gasteiger partial charge in [-0.15, -0.1) is 0 Å². The van der Waals surface area contributed by atoms with Crippen LogP contribution in [-0.4, -0.2) is 23.1 Å². The molecule has 0 aliphatic rings. The maximum atomic E-state index is 4.76. The van der Waals surface area contributed by atoms with Crippen molar-refractivity contribution < 1.29 is 0 Å². The van der Waals surface area contributed by atoms with Crippen LogP contribution in [0.25, 0.3) is 10.9 Å². The molecule has 0 aliphatic heterocycles. The lowest BCUT2D eigenvalue weighted by atomic mass is 10.2. The van der Waals surface area contributed by atoms with E-state index in [-0.39, 0.29) is 0 Å². The summed E-state index contributed by atoms with van der Waals surface area (Å²) in [6, 6.07) is 24.7. The number of para-hydroxylation sites is 1. The van der Waals surface area contributed by atoms with E-state index < -0.39 is 0 Å². The van der Waals surface area contributed by atoms with Crippen LogP contribution in [-0.2, 0) is 0 Å². The third-order valence-corrected chi connectivity index (χ3v) is 5.17. The topological polar surface area (TPSA) is 53.1 Å². The number of benzene rings is 3. The Morgan fingerprint density at radius 3 is 2.07 bits per heavy atom. The van der Waals surface area contributed by atoms with E-state index in [2.05, 4.69) is 84.8 Å². The fourth-order valence-corrected chi connectivity index (χ4v) is 3.47. The molecule has 5 nitrogen and oxygen atoms in total. The molecule has 0 saturated carbocycles. The highest BCUT2D eigenvalue weighted by atomic mass is 15.1. The zero-order chi connectivity index (χ0) is 20.9. The minimum absolute atomic E-state index is 0.568. The number of hydrogen-bond acceptors (Lipinski definition) is 5. The van der Waals surface area contributed by atoms with Crippen LogP contribution in [0.3, 0.4) is 0 Å². The van der Waals surface area contributed by atoms with Gasteiger partial charge in [-0.05, 0) is 69.3 Å². The Balaban J connectivity index is 1.63. The van der Waals surface area contributed by atoms with Crippen LogP contribution in [0.15, 0.2) is 72.8 Å². The summed E-state index contributed by atoms with van der Waals surface area (Å²) in [6.45, 7) is 8.40. The van der Waals surface area contributed by atoms with Crippen molar-refractivity contribution in [2.45, 2.75) is 20.8 Å². The lowest BCUT2D eigenvalue weighted by Gasteiger charge is -2.21. The van der Waals surface area contributed by atoms with Crippen molar-refractivity contribution in [3.63, 3.8) is 0 Å². The average Bonchev–Trinajstić information content (AvgIpc) is 2.77. The smallest absolute Gasteiger partial charge is 0.229 e. The maximum Gasteiger partial charge on any atom is 0.229 e. The van der Waals surface area contributed by atoms with Crippen LogP contribution in [0, 0.1) is 6.92 Å². The Morgan fingerprint density at radius 2 is 1.37 bits per heavy atom. The molecule has 0 fully saturated rings. The summed E-state index contributed by atoms with van der Waals surface area (Å²) in [5.74, 6) is 1.35. The lowest BCUT2D eigenvalue weighted by molar-refractivity contribution is 0.866. The van der Waals surface area contributed by atoms with Gasteiger partial charge >= 0.3 is 0 Å². The highest BCUT2D eigenvalue weighted by Gasteiger charge is 2.09. The van der Waals surface area contributed by atoms with Gasteiger partial charge in [-0.3, -0.25) is 0 Å². The molecule has 4 aromatic rings. The fourth-order valence-electron chi connectivity index (χ4n) is 3.47. The van der Waals surface area contributed by atoms with E-state index in [0.29, 0.717) is 5.95 Å². The number of fused-ring (bicyclic) bond motifs is 1. The van der Waals surface area contributed by atoms with Crippen molar-refractivity contribution in [1.82, 2.24) is 9.97 Å². The Hall–Kier alpha value is -3.60. The summed E-state index contributed by atoms with van der Waals surface area (Å²) in [5, 5.41) is 7.78. The van der Waals surface area contributed by atoms with E-state index in [9.17, 15) is 0 Å². The molecule has 0 spiro atoms. The van der Waals surface area contributed by atoms with E-state index in [1.807, 2.05) is 24.3 Å². The summed E-state index contributed by atoms with van der Waals surface area (Å²) in [6.07, 6.45) is 0. The molecule has 30 heavy (non-hydrogen) atoms. The van der Waals surface area contributed by atoms with Crippen molar-refractivity contribution in [2.24, 2.45) is 0 Å². The van der Waals surface area contributed by atoms with Crippen LogP contribution >= 0.6 is 0 Å². The summed E-state index contributed by atoms with van der Waals surface area (Å²) >= 11 is 0. The first-order valence-electron chi connectivity index (χ1n) is 10.4. The number of anilines is 5. The van der Waals surface area contributed by atoms with Gasteiger partial charge in [0.2, 0.25) is 5.95 Å². The van der Waals surface area contributed by atoms with Crippen molar-refractivity contribution in [3.05, 3.63) is 78.4 Å². The van der Waals surface area contributed by atoms with Crippen molar-refractivity contribution in [1.29, 1.82) is 0 Å². The third-order valence-electron chi connectivity index (χ3n) is 5.17. The Bertz CT molecular complexity index is 1120. The number of rotatable bonds is 7. The second kappa shape index (κ2) is 8.82. The van der Waals surface area contributed by atoms with E-state index in [4.69, 9.17) is 9.97 Å². The van der Waals surface area contributed by atoms with Crippen molar-refractivity contribution in [2.75, 3.05) is 28.6 Å². The highest BCUT2D eigenvalue weighted by molar-refractivity contribution is 5.92. The average molecular weight is 398 g/mol.